The largest absolute Gasteiger partial charge is 0.270 e. The zero-order valence-corrected chi connectivity index (χ0v) is 8.21. The van der Waals surface area contributed by atoms with Crippen molar-refractivity contribution in [3.63, 3.8) is 0 Å². The Morgan fingerprint density at radius 2 is 2.00 bits per heavy atom. The summed E-state index contributed by atoms with van der Waals surface area (Å²) in [5.74, 6) is 0. The number of sulfonamides is 1. The molecular weight excluding hydrogens is 186 g/mol. The first kappa shape index (κ1) is 8.56. The number of benzene rings is 1. The predicted octanol–water partition coefficient (Wildman–Crippen LogP) is 1.01. The van der Waals surface area contributed by atoms with Crippen molar-refractivity contribution < 1.29 is 8.42 Å². The average molecular weight is 197 g/mol. The molecule has 3 nitrogen and oxygen atoms in total. The molecule has 1 heterocycles. The van der Waals surface area contributed by atoms with Gasteiger partial charge in [0.2, 0.25) is 10.0 Å². The lowest BCUT2D eigenvalue weighted by atomic mass is 10.2. The minimum atomic E-state index is -3.08. The number of anilines is 1. The van der Waals surface area contributed by atoms with Gasteiger partial charge in [0.25, 0.3) is 0 Å². The van der Waals surface area contributed by atoms with Crippen molar-refractivity contribution in [2.45, 2.75) is 6.42 Å². The van der Waals surface area contributed by atoms with Gasteiger partial charge in [0, 0.05) is 6.54 Å². The van der Waals surface area contributed by atoms with Crippen LogP contribution in [0.15, 0.2) is 24.3 Å². The van der Waals surface area contributed by atoms with Gasteiger partial charge in [-0.2, -0.15) is 0 Å². The highest BCUT2D eigenvalue weighted by Gasteiger charge is 2.24. The van der Waals surface area contributed by atoms with Crippen LogP contribution in [0, 0.1) is 0 Å². The molecule has 0 aromatic heterocycles. The van der Waals surface area contributed by atoms with Crippen LogP contribution in [0.5, 0.6) is 0 Å². The van der Waals surface area contributed by atoms with Gasteiger partial charge in [0.15, 0.2) is 0 Å². The van der Waals surface area contributed by atoms with Crippen molar-refractivity contribution in [3.8, 4) is 0 Å². The fourth-order valence-electron chi connectivity index (χ4n) is 1.65. The molecule has 0 spiro atoms. The van der Waals surface area contributed by atoms with Crippen molar-refractivity contribution >= 4 is 15.7 Å². The van der Waals surface area contributed by atoms with E-state index in [2.05, 4.69) is 0 Å². The highest BCUT2D eigenvalue weighted by atomic mass is 32.2. The molecule has 0 saturated heterocycles. The summed E-state index contributed by atoms with van der Waals surface area (Å²) in [5.41, 5.74) is 1.96. The second-order valence-electron chi connectivity index (χ2n) is 3.21. The fourth-order valence-corrected chi connectivity index (χ4v) is 2.61. The van der Waals surface area contributed by atoms with Crippen LogP contribution in [-0.2, 0) is 16.4 Å². The molecule has 4 heteroatoms. The Kier molecular flexibility index (Phi) is 1.80. The van der Waals surface area contributed by atoms with Gasteiger partial charge in [-0.25, -0.2) is 8.42 Å². The number of nitrogens with zero attached hydrogens (tertiary/aromatic N) is 1. The molecule has 70 valence electrons. The number of hydrogen-bond donors (Lipinski definition) is 0. The fraction of sp³-hybridized carbons (Fsp3) is 0.333. The third kappa shape index (κ3) is 1.42. The summed E-state index contributed by atoms with van der Waals surface area (Å²) in [6.45, 7) is 0.582. The smallest absolute Gasteiger partial charge is 0.232 e. The van der Waals surface area contributed by atoms with Crippen LogP contribution in [0.1, 0.15) is 5.56 Å². The number of fused-ring (bicyclic) bond motifs is 1. The quantitative estimate of drug-likeness (QED) is 0.673. The molecule has 1 aromatic rings. The van der Waals surface area contributed by atoms with Gasteiger partial charge in [-0.1, -0.05) is 18.2 Å². The molecule has 1 aliphatic rings. The highest BCUT2D eigenvalue weighted by Crippen LogP contribution is 2.28. The summed E-state index contributed by atoms with van der Waals surface area (Å²) in [6, 6.07) is 7.62. The maximum Gasteiger partial charge on any atom is 0.232 e. The summed E-state index contributed by atoms with van der Waals surface area (Å²) >= 11 is 0. The topological polar surface area (TPSA) is 37.4 Å². The van der Waals surface area contributed by atoms with E-state index < -0.39 is 10.0 Å². The molecule has 2 rings (SSSR count). The van der Waals surface area contributed by atoms with Crippen molar-refractivity contribution in [3.05, 3.63) is 29.8 Å². The van der Waals surface area contributed by atoms with Gasteiger partial charge in [-0.3, -0.25) is 4.31 Å². The van der Waals surface area contributed by atoms with Gasteiger partial charge in [-0.15, -0.1) is 0 Å². The molecule has 0 radical (unpaired) electrons. The Balaban J connectivity index is 2.51. The van der Waals surface area contributed by atoms with Crippen LogP contribution in [0.4, 0.5) is 5.69 Å². The summed E-state index contributed by atoms with van der Waals surface area (Å²) < 4.78 is 24.1. The first-order valence-corrected chi connectivity index (χ1v) is 5.99. The van der Waals surface area contributed by atoms with E-state index in [1.165, 1.54) is 10.6 Å². The Morgan fingerprint density at radius 1 is 1.31 bits per heavy atom. The van der Waals surface area contributed by atoms with E-state index in [0.717, 1.165) is 17.7 Å². The molecule has 0 atom stereocenters. The standard InChI is InChI=1S/C9H11NO2S/c1-13(11,12)10-7-6-8-4-2-3-5-9(8)10/h2-5H,6-7H2,1H3. The molecule has 0 amide bonds. The molecule has 0 bridgehead atoms. The van der Waals surface area contributed by atoms with E-state index in [-0.39, 0.29) is 0 Å². The second kappa shape index (κ2) is 2.73. The van der Waals surface area contributed by atoms with Crippen LogP contribution in [0.25, 0.3) is 0 Å². The number of hydrogen-bond acceptors (Lipinski definition) is 2. The zero-order chi connectivity index (χ0) is 9.47. The lowest BCUT2D eigenvalue weighted by Gasteiger charge is -2.15. The molecule has 13 heavy (non-hydrogen) atoms. The summed E-state index contributed by atoms with van der Waals surface area (Å²) in [5, 5.41) is 0. The third-order valence-electron chi connectivity index (χ3n) is 2.24. The number of rotatable bonds is 1. The van der Waals surface area contributed by atoms with Crippen molar-refractivity contribution in [2.75, 3.05) is 17.1 Å². The molecule has 0 N–H and O–H groups in total. The third-order valence-corrected chi connectivity index (χ3v) is 3.42. The van der Waals surface area contributed by atoms with Crippen molar-refractivity contribution in [1.82, 2.24) is 0 Å². The summed E-state index contributed by atoms with van der Waals surface area (Å²) in [6.07, 6.45) is 2.07. The van der Waals surface area contributed by atoms with E-state index in [1.807, 2.05) is 24.3 Å². The van der Waals surface area contributed by atoms with E-state index in [0.29, 0.717) is 6.54 Å². The van der Waals surface area contributed by atoms with Crippen LogP contribution < -0.4 is 4.31 Å². The zero-order valence-electron chi connectivity index (χ0n) is 7.40. The van der Waals surface area contributed by atoms with Gasteiger partial charge < -0.3 is 0 Å². The van der Waals surface area contributed by atoms with E-state index in [1.54, 1.807) is 0 Å². The highest BCUT2D eigenvalue weighted by molar-refractivity contribution is 7.92. The Labute approximate surface area is 78.0 Å². The van der Waals surface area contributed by atoms with Gasteiger partial charge in [0.1, 0.15) is 0 Å². The normalized spacial score (nSPS) is 15.9. The summed E-state index contributed by atoms with van der Waals surface area (Å²) in [4.78, 5) is 0. The second-order valence-corrected chi connectivity index (χ2v) is 5.12. The molecular formula is C9H11NO2S. The monoisotopic (exact) mass is 197 g/mol. The van der Waals surface area contributed by atoms with Crippen LogP contribution in [0.3, 0.4) is 0 Å². The Bertz CT molecular complexity index is 425. The summed E-state index contributed by atoms with van der Waals surface area (Å²) in [7, 11) is -3.08. The molecule has 0 fully saturated rings. The van der Waals surface area contributed by atoms with Crippen LogP contribution >= 0.6 is 0 Å². The van der Waals surface area contributed by atoms with E-state index >= 15 is 0 Å². The molecule has 1 aromatic carbocycles. The first-order chi connectivity index (χ1) is 6.09. The van der Waals surface area contributed by atoms with Gasteiger partial charge in [0.05, 0.1) is 11.9 Å². The minimum absolute atomic E-state index is 0.582. The SMILES string of the molecule is CS(=O)(=O)N1CCc2ccccc21. The lowest BCUT2D eigenvalue weighted by Crippen LogP contribution is -2.27. The van der Waals surface area contributed by atoms with Gasteiger partial charge >= 0.3 is 0 Å². The van der Waals surface area contributed by atoms with Crippen molar-refractivity contribution in [2.24, 2.45) is 0 Å². The lowest BCUT2D eigenvalue weighted by molar-refractivity contribution is 0.598. The Morgan fingerprint density at radius 3 is 2.69 bits per heavy atom. The number of para-hydroxylation sites is 1. The molecule has 1 aliphatic heterocycles. The molecule has 0 saturated carbocycles. The maximum absolute atomic E-state index is 11.3. The van der Waals surface area contributed by atoms with E-state index in [9.17, 15) is 8.42 Å². The minimum Gasteiger partial charge on any atom is -0.270 e. The molecule has 0 aliphatic carbocycles. The van der Waals surface area contributed by atoms with Gasteiger partial charge in [-0.05, 0) is 18.1 Å². The maximum atomic E-state index is 11.3. The molecule has 0 unspecified atom stereocenters. The van der Waals surface area contributed by atoms with Crippen LogP contribution in [0.2, 0.25) is 0 Å². The van der Waals surface area contributed by atoms with Crippen LogP contribution in [-0.4, -0.2) is 21.2 Å². The van der Waals surface area contributed by atoms with E-state index in [4.69, 9.17) is 0 Å². The van der Waals surface area contributed by atoms with Crippen molar-refractivity contribution in [1.29, 1.82) is 0 Å². The first-order valence-electron chi connectivity index (χ1n) is 4.14. The predicted molar refractivity (Wildman–Crippen MR) is 52.3 cm³/mol. The average Bonchev–Trinajstić information content (AvgIpc) is 2.45. The Hall–Kier alpha value is -1.03.